The van der Waals surface area contributed by atoms with E-state index in [1.165, 1.54) is 7.05 Å². The van der Waals surface area contributed by atoms with Crippen molar-refractivity contribution in [3.8, 4) is 0 Å². The summed E-state index contributed by atoms with van der Waals surface area (Å²) >= 11 is 5.60. The molecule has 0 bridgehead atoms. The predicted molar refractivity (Wildman–Crippen MR) is 46.3 cm³/mol. The third-order valence-electron chi connectivity index (χ3n) is 1.86. The summed E-state index contributed by atoms with van der Waals surface area (Å²) in [5.41, 5.74) is 0.0105. The van der Waals surface area contributed by atoms with Crippen LogP contribution in [0.1, 0.15) is 5.82 Å². The number of halogens is 4. The van der Waals surface area contributed by atoms with E-state index >= 15 is 0 Å². The number of alkyl halides is 3. The average Bonchev–Trinajstić information content (AvgIpc) is 2.45. The first kappa shape index (κ1) is 10.2. The van der Waals surface area contributed by atoms with Crippen molar-refractivity contribution in [2.24, 2.45) is 7.05 Å². The monoisotopic (exact) mass is 236 g/mol. The van der Waals surface area contributed by atoms with Crippen molar-refractivity contribution < 1.29 is 13.2 Å². The summed E-state index contributed by atoms with van der Waals surface area (Å²) in [6.45, 7) is 0. The number of aromatic nitrogens is 4. The van der Waals surface area contributed by atoms with Crippen LogP contribution in [0.4, 0.5) is 13.2 Å². The number of imidazole rings is 1. The van der Waals surface area contributed by atoms with Gasteiger partial charge in [0.15, 0.2) is 10.8 Å². The molecule has 4 nitrogen and oxygen atoms in total. The largest absolute Gasteiger partial charge is 0.449 e. The second-order valence-electron chi connectivity index (χ2n) is 2.83. The fourth-order valence-corrected chi connectivity index (χ4v) is 1.40. The fourth-order valence-electron chi connectivity index (χ4n) is 1.23. The molecule has 0 atom stereocenters. The van der Waals surface area contributed by atoms with E-state index < -0.39 is 12.0 Å². The Balaban J connectivity index is 2.81. The summed E-state index contributed by atoms with van der Waals surface area (Å²) in [5, 5.41) is -0.0916. The van der Waals surface area contributed by atoms with Crippen molar-refractivity contribution in [3.63, 3.8) is 0 Å². The van der Waals surface area contributed by atoms with Crippen LogP contribution in [-0.4, -0.2) is 19.5 Å². The van der Waals surface area contributed by atoms with E-state index in [0.29, 0.717) is 0 Å². The molecule has 0 spiro atoms. The molecule has 0 aliphatic heterocycles. The van der Waals surface area contributed by atoms with Crippen LogP contribution in [0.5, 0.6) is 0 Å². The molecule has 2 aromatic heterocycles. The Bertz CT molecular complexity index is 519. The molecule has 8 heteroatoms. The topological polar surface area (TPSA) is 43.6 Å². The molecular formula is C7H4ClF3N4. The van der Waals surface area contributed by atoms with Crippen LogP contribution in [0.25, 0.3) is 11.2 Å². The lowest BCUT2D eigenvalue weighted by Crippen LogP contribution is -2.12. The van der Waals surface area contributed by atoms with Gasteiger partial charge in [0.2, 0.25) is 5.82 Å². The molecule has 0 amide bonds. The van der Waals surface area contributed by atoms with Gasteiger partial charge in [0.05, 0.1) is 0 Å². The van der Waals surface area contributed by atoms with Crippen LogP contribution < -0.4 is 0 Å². The average molecular weight is 237 g/mol. The van der Waals surface area contributed by atoms with E-state index in [2.05, 4.69) is 15.0 Å². The zero-order valence-electron chi connectivity index (χ0n) is 7.38. The minimum Gasteiger partial charge on any atom is -0.308 e. The van der Waals surface area contributed by atoms with E-state index in [-0.39, 0.29) is 16.3 Å². The normalized spacial score (nSPS) is 12.3. The lowest BCUT2D eigenvalue weighted by Gasteiger charge is -2.04. The Labute approximate surface area is 86.7 Å². The van der Waals surface area contributed by atoms with E-state index in [1.807, 2.05) is 0 Å². The van der Waals surface area contributed by atoms with Crippen molar-refractivity contribution in [1.29, 1.82) is 0 Å². The van der Waals surface area contributed by atoms with Crippen LogP contribution >= 0.6 is 11.6 Å². The van der Waals surface area contributed by atoms with Crippen molar-refractivity contribution in [1.82, 2.24) is 19.5 Å². The van der Waals surface area contributed by atoms with Crippen molar-refractivity contribution in [3.05, 3.63) is 17.3 Å². The molecule has 80 valence electrons. The zero-order chi connectivity index (χ0) is 11.2. The smallest absolute Gasteiger partial charge is 0.308 e. The number of fused-ring (bicyclic) bond motifs is 1. The third-order valence-corrected chi connectivity index (χ3v) is 2.14. The lowest BCUT2D eigenvalue weighted by atomic mass is 10.5. The summed E-state index contributed by atoms with van der Waals surface area (Å²) < 4.78 is 38.2. The molecule has 0 radical (unpaired) electrons. The maximum atomic E-state index is 12.4. The van der Waals surface area contributed by atoms with Crippen LogP contribution in [-0.2, 0) is 13.2 Å². The molecular weight excluding hydrogens is 233 g/mol. The van der Waals surface area contributed by atoms with Crippen LogP contribution in [0, 0.1) is 0 Å². The molecule has 0 aliphatic rings. The zero-order valence-corrected chi connectivity index (χ0v) is 8.13. The lowest BCUT2D eigenvalue weighted by molar-refractivity contribution is -0.146. The maximum Gasteiger partial charge on any atom is 0.449 e. The number of hydrogen-bond donors (Lipinski definition) is 0. The Morgan fingerprint density at radius 3 is 2.53 bits per heavy atom. The molecule has 0 unspecified atom stereocenters. The van der Waals surface area contributed by atoms with Crippen LogP contribution in [0.15, 0.2) is 6.33 Å². The van der Waals surface area contributed by atoms with Crippen LogP contribution in [0.2, 0.25) is 5.15 Å². The van der Waals surface area contributed by atoms with Gasteiger partial charge in [-0.1, -0.05) is 11.6 Å². The number of nitrogens with zero attached hydrogens (tertiary/aromatic N) is 4. The number of rotatable bonds is 0. The molecule has 0 saturated heterocycles. The first-order chi connectivity index (χ1) is 6.91. The van der Waals surface area contributed by atoms with Crippen LogP contribution in [0.3, 0.4) is 0 Å². The van der Waals surface area contributed by atoms with E-state index in [9.17, 15) is 13.2 Å². The van der Waals surface area contributed by atoms with Gasteiger partial charge >= 0.3 is 6.18 Å². The molecule has 0 aromatic carbocycles. The molecule has 2 aromatic rings. The van der Waals surface area contributed by atoms with Gasteiger partial charge in [0.25, 0.3) is 0 Å². The second kappa shape index (κ2) is 3.06. The SMILES string of the molecule is Cn1c(C(F)(F)F)nc2c(Cl)ncnc21. The Morgan fingerprint density at radius 1 is 1.33 bits per heavy atom. The summed E-state index contributed by atoms with van der Waals surface area (Å²) in [7, 11) is 1.22. The highest BCUT2D eigenvalue weighted by Gasteiger charge is 2.37. The minimum atomic E-state index is -4.53. The summed E-state index contributed by atoms with van der Waals surface area (Å²) in [4.78, 5) is 10.6. The van der Waals surface area contributed by atoms with Crippen molar-refractivity contribution >= 4 is 22.8 Å². The fraction of sp³-hybridized carbons (Fsp3) is 0.286. The Hall–Kier alpha value is -1.37. The Kier molecular flexibility index (Phi) is 2.07. The highest BCUT2D eigenvalue weighted by atomic mass is 35.5. The van der Waals surface area contributed by atoms with Gasteiger partial charge in [-0.15, -0.1) is 0 Å². The number of hydrogen-bond acceptors (Lipinski definition) is 3. The molecule has 0 saturated carbocycles. The minimum absolute atomic E-state index is 0.0472. The summed E-state index contributed by atoms with van der Waals surface area (Å²) in [6, 6.07) is 0. The highest BCUT2D eigenvalue weighted by molar-refractivity contribution is 6.33. The maximum absolute atomic E-state index is 12.4. The predicted octanol–water partition coefficient (Wildman–Crippen LogP) is 2.04. The van der Waals surface area contributed by atoms with E-state index in [0.717, 1.165) is 10.9 Å². The Morgan fingerprint density at radius 2 is 2.00 bits per heavy atom. The van der Waals surface area contributed by atoms with Gasteiger partial charge in [-0.05, 0) is 0 Å². The molecule has 0 N–H and O–H groups in total. The van der Waals surface area contributed by atoms with Gasteiger partial charge in [0, 0.05) is 7.05 Å². The van der Waals surface area contributed by atoms with Gasteiger partial charge in [-0.2, -0.15) is 13.2 Å². The van der Waals surface area contributed by atoms with Gasteiger partial charge in [-0.3, -0.25) is 0 Å². The van der Waals surface area contributed by atoms with Gasteiger partial charge < -0.3 is 4.57 Å². The molecule has 0 fully saturated rings. The summed E-state index contributed by atoms with van der Waals surface area (Å²) in [6.07, 6.45) is -3.44. The molecule has 0 aliphatic carbocycles. The second-order valence-corrected chi connectivity index (χ2v) is 3.19. The quantitative estimate of drug-likeness (QED) is 0.658. The highest BCUT2D eigenvalue weighted by Crippen LogP contribution is 2.31. The summed E-state index contributed by atoms with van der Waals surface area (Å²) in [5.74, 6) is -1.04. The molecule has 2 rings (SSSR count). The first-order valence-corrected chi connectivity index (χ1v) is 4.19. The standard InChI is InChI=1S/C7H4ClF3N4/c1-15-5-3(4(8)12-2-13-5)14-6(15)7(9,10)11/h2H,1H3. The molecule has 15 heavy (non-hydrogen) atoms. The van der Waals surface area contributed by atoms with Gasteiger partial charge in [0.1, 0.15) is 11.8 Å². The van der Waals surface area contributed by atoms with Gasteiger partial charge in [-0.25, -0.2) is 15.0 Å². The van der Waals surface area contributed by atoms with E-state index in [4.69, 9.17) is 11.6 Å². The van der Waals surface area contributed by atoms with Crippen molar-refractivity contribution in [2.75, 3.05) is 0 Å². The molecule has 2 heterocycles. The number of aryl methyl sites for hydroxylation is 1. The third kappa shape index (κ3) is 1.52. The van der Waals surface area contributed by atoms with E-state index in [1.54, 1.807) is 0 Å². The van der Waals surface area contributed by atoms with Crippen molar-refractivity contribution in [2.45, 2.75) is 6.18 Å². The first-order valence-electron chi connectivity index (χ1n) is 3.81.